The topological polar surface area (TPSA) is 29.1 Å². The Morgan fingerprint density at radius 2 is 1.88 bits per heavy atom. The second-order valence-corrected chi connectivity index (χ2v) is 4.42. The molecule has 1 aromatic carbocycles. The number of alkyl halides is 1. The molecular formula is C12H14BrF2NO. The Morgan fingerprint density at radius 1 is 1.24 bits per heavy atom. The average Bonchev–Trinajstić information content (AvgIpc) is 2.30. The summed E-state index contributed by atoms with van der Waals surface area (Å²) < 4.78 is 26.5. The van der Waals surface area contributed by atoms with E-state index in [2.05, 4.69) is 21.2 Å². The van der Waals surface area contributed by atoms with Crippen LogP contribution in [0, 0.1) is 11.6 Å². The van der Waals surface area contributed by atoms with Crippen molar-refractivity contribution < 1.29 is 13.6 Å². The first-order valence-electron chi connectivity index (χ1n) is 5.40. The predicted molar refractivity (Wildman–Crippen MR) is 66.1 cm³/mol. The zero-order valence-electron chi connectivity index (χ0n) is 9.31. The van der Waals surface area contributed by atoms with Gasteiger partial charge >= 0.3 is 0 Å². The first kappa shape index (κ1) is 14.1. The minimum absolute atomic E-state index is 0.175. The Balaban J connectivity index is 2.45. The third-order valence-corrected chi connectivity index (χ3v) is 2.84. The van der Waals surface area contributed by atoms with Crippen LogP contribution in [0.4, 0.5) is 8.78 Å². The molecule has 0 bridgehead atoms. The molecule has 0 aliphatic rings. The highest BCUT2D eigenvalue weighted by Crippen LogP contribution is 2.12. The smallest absolute Gasteiger partial charge is 0.224 e. The molecule has 1 aromatic rings. The van der Waals surface area contributed by atoms with Crippen LogP contribution in [0.3, 0.4) is 0 Å². The van der Waals surface area contributed by atoms with Crippen LogP contribution in [0.15, 0.2) is 18.2 Å². The van der Waals surface area contributed by atoms with Gasteiger partial charge in [-0.1, -0.05) is 22.0 Å². The van der Waals surface area contributed by atoms with E-state index in [4.69, 9.17) is 0 Å². The monoisotopic (exact) mass is 305 g/mol. The molecule has 0 atom stereocenters. The molecule has 0 fully saturated rings. The van der Waals surface area contributed by atoms with Crippen molar-refractivity contribution in [2.75, 3.05) is 11.9 Å². The minimum atomic E-state index is -0.680. The van der Waals surface area contributed by atoms with Gasteiger partial charge in [-0.05, 0) is 25.0 Å². The zero-order chi connectivity index (χ0) is 12.7. The van der Waals surface area contributed by atoms with Gasteiger partial charge in [0.15, 0.2) is 0 Å². The summed E-state index contributed by atoms with van der Waals surface area (Å²) in [5.41, 5.74) is -0.175. The third-order valence-electron chi connectivity index (χ3n) is 2.28. The van der Waals surface area contributed by atoms with E-state index in [-0.39, 0.29) is 17.9 Å². The van der Waals surface area contributed by atoms with Crippen LogP contribution >= 0.6 is 15.9 Å². The van der Waals surface area contributed by atoms with E-state index in [9.17, 15) is 13.6 Å². The maximum absolute atomic E-state index is 13.2. The van der Waals surface area contributed by atoms with Crippen molar-refractivity contribution in [3.8, 4) is 0 Å². The maximum Gasteiger partial charge on any atom is 0.224 e. The fourth-order valence-corrected chi connectivity index (χ4v) is 1.77. The average molecular weight is 306 g/mol. The Labute approximate surface area is 108 Å². The SMILES string of the molecule is O=C(Cc1c(F)cccc1F)NCCCCBr. The Hall–Kier alpha value is -0.970. The fraction of sp³-hybridized carbons (Fsp3) is 0.417. The molecule has 94 valence electrons. The molecule has 2 nitrogen and oxygen atoms in total. The molecule has 0 aromatic heterocycles. The van der Waals surface area contributed by atoms with Gasteiger partial charge in [-0.25, -0.2) is 8.78 Å². The van der Waals surface area contributed by atoms with Gasteiger partial charge in [0.05, 0.1) is 6.42 Å². The molecule has 0 aliphatic carbocycles. The van der Waals surface area contributed by atoms with E-state index in [1.807, 2.05) is 0 Å². The molecule has 0 spiro atoms. The fourth-order valence-electron chi connectivity index (χ4n) is 1.37. The highest BCUT2D eigenvalue weighted by atomic mass is 79.9. The number of rotatable bonds is 6. The van der Waals surface area contributed by atoms with Crippen LogP contribution in [0.5, 0.6) is 0 Å². The molecule has 17 heavy (non-hydrogen) atoms. The molecule has 0 saturated heterocycles. The van der Waals surface area contributed by atoms with Crippen molar-refractivity contribution in [2.45, 2.75) is 19.3 Å². The molecule has 0 heterocycles. The number of amides is 1. The van der Waals surface area contributed by atoms with E-state index in [1.165, 1.54) is 6.07 Å². The lowest BCUT2D eigenvalue weighted by atomic mass is 10.1. The molecule has 0 saturated carbocycles. The lowest BCUT2D eigenvalue weighted by molar-refractivity contribution is -0.120. The summed E-state index contributed by atoms with van der Waals surface area (Å²) in [5.74, 6) is -1.72. The molecule has 0 unspecified atom stereocenters. The standard InChI is InChI=1S/C12H14BrF2NO/c13-6-1-2-7-16-12(17)8-9-10(14)4-3-5-11(9)15/h3-5H,1-2,6-8H2,(H,16,17). The summed E-state index contributed by atoms with van der Waals surface area (Å²) in [6, 6.07) is 3.58. The van der Waals surface area contributed by atoms with Crippen LogP contribution in [0.1, 0.15) is 18.4 Å². The number of nitrogens with one attached hydrogen (secondary N) is 1. The number of unbranched alkanes of at least 4 members (excludes halogenated alkanes) is 1. The lowest BCUT2D eigenvalue weighted by Gasteiger charge is -2.06. The van der Waals surface area contributed by atoms with Crippen molar-refractivity contribution in [2.24, 2.45) is 0 Å². The van der Waals surface area contributed by atoms with Crippen molar-refractivity contribution in [3.05, 3.63) is 35.4 Å². The number of hydrogen-bond acceptors (Lipinski definition) is 1. The summed E-state index contributed by atoms with van der Waals surface area (Å²) in [6.45, 7) is 0.528. The lowest BCUT2D eigenvalue weighted by Crippen LogP contribution is -2.26. The quantitative estimate of drug-likeness (QED) is 0.635. The van der Waals surface area contributed by atoms with Crippen LogP contribution in [0.25, 0.3) is 0 Å². The van der Waals surface area contributed by atoms with Crippen LogP contribution in [0.2, 0.25) is 0 Å². The van der Waals surface area contributed by atoms with Gasteiger partial charge in [0.25, 0.3) is 0 Å². The normalized spacial score (nSPS) is 10.3. The van der Waals surface area contributed by atoms with E-state index in [0.29, 0.717) is 6.54 Å². The van der Waals surface area contributed by atoms with Crippen molar-refractivity contribution in [3.63, 3.8) is 0 Å². The van der Waals surface area contributed by atoms with Gasteiger partial charge in [-0.15, -0.1) is 0 Å². The van der Waals surface area contributed by atoms with Gasteiger partial charge in [0.1, 0.15) is 11.6 Å². The second-order valence-electron chi connectivity index (χ2n) is 3.62. The van der Waals surface area contributed by atoms with E-state index >= 15 is 0 Å². The molecule has 1 N–H and O–H groups in total. The summed E-state index contributed by atoms with van der Waals surface area (Å²) in [6.07, 6.45) is 1.54. The van der Waals surface area contributed by atoms with Crippen molar-refractivity contribution in [1.82, 2.24) is 5.32 Å². The number of carbonyl (C=O) groups excluding carboxylic acids is 1. The van der Waals surface area contributed by atoms with Gasteiger partial charge in [-0.3, -0.25) is 4.79 Å². The molecule has 1 rings (SSSR count). The van der Waals surface area contributed by atoms with Crippen molar-refractivity contribution in [1.29, 1.82) is 0 Å². The van der Waals surface area contributed by atoms with E-state index in [0.717, 1.165) is 30.3 Å². The Morgan fingerprint density at radius 3 is 2.47 bits per heavy atom. The Kier molecular flexibility index (Phi) is 6.11. The third kappa shape index (κ3) is 4.81. The summed E-state index contributed by atoms with van der Waals surface area (Å²) in [5, 5.41) is 3.51. The summed E-state index contributed by atoms with van der Waals surface area (Å²) in [4.78, 5) is 11.4. The molecule has 0 radical (unpaired) electrons. The van der Waals surface area contributed by atoms with E-state index in [1.54, 1.807) is 0 Å². The van der Waals surface area contributed by atoms with Gasteiger partial charge in [-0.2, -0.15) is 0 Å². The number of halogens is 3. The minimum Gasteiger partial charge on any atom is -0.356 e. The first-order valence-corrected chi connectivity index (χ1v) is 6.53. The highest BCUT2D eigenvalue weighted by Gasteiger charge is 2.12. The summed E-state index contributed by atoms with van der Waals surface area (Å²) in [7, 11) is 0. The highest BCUT2D eigenvalue weighted by molar-refractivity contribution is 9.09. The van der Waals surface area contributed by atoms with Gasteiger partial charge in [0, 0.05) is 17.4 Å². The van der Waals surface area contributed by atoms with Crippen molar-refractivity contribution >= 4 is 21.8 Å². The number of carbonyl (C=O) groups is 1. The molecular weight excluding hydrogens is 292 g/mol. The van der Waals surface area contributed by atoms with Gasteiger partial charge < -0.3 is 5.32 Å². The predicted octanol–water partition coefficient (Wildman–Crippen LogP) is 2.80. The van der Waals surface area contributed by atoms with Crippen LogP contribution in [-0.4, -0.2) is 17.8 Å². The maximum atomic E-state index is 13.2. The number of hydrogen-bond donors (Lipinski definition) is 1. The number of benzene rings is 1. The van der Waals surface area contributed by atoms with Crippen LogP contribution in [-0.2, 0) is 11.2 Å². The second kappa shape index (κ2) is 7.37. The molecule has 0 aliphatic heterocycles. The van der Waals surface area contributed by atoms with Gasteiger partial charge in [0.2, 0.25) is 5.91 Å². The summed E-state index contributed by atoms with van der Waals surface area (Å²) >= 11 is 3.28. The first-order chi connectivity index (χ1) is 8.15. The Bertz CT molecular complexity index is 365. The molecule has 1 amide bonds. The molecule has 5 heteroatoms. The van der Waals surface area contributed by atoms with E-state index < -0.39 is 11.6 Å². The van der Waals surface area contributed by atoms with Crippen LogP contribution < -0.4 is 5.32 Å². The largest absolute Gasteiger partial charge is 0.356 e. The zero-order valence-corrected chi connectivity index (χ0v) is 10.9.